The molecule has 30 heavy (non-hydrogen) atoms. The van der Waals surface area contributed by atoms with Crippen molar-refractivity contribution < 1.29 is 24.5 Å². The third-order valence-corrected chi connectivity index (χ3v) is 5.77. The van der Waals surface area contributed by atoms with Gasteiger partial charge in [-0.15, -0.1) is 29.1 Å². The molecule has 2 aromatic heterocycles. The molecule has 153 valence electrons. The van der Waals surface area contributed by atoms with Crippen LogP contribution in [0.15, 0.2) is 42.5 Å². The van der Waals surface area contributed by atoms with Gasteiger partial charge in [0.05, 0.1) is 17.0 Å². The summed E-state index contributed by atoms with van der Waals surface area (Å²) in [5.74, 6) is -0.246. The molecule has 0 atom stereocenters. The summed E-state index contributed by atoms with van der Waals surface area (Å²) in [6, 6.07) is 17.0. The summed E-state index contributed by atoms with van der Waals surface area (Å²) >= 11 is 0. The minimum absolute atomic E-state index is 0. The zero-order valence-electron chi connectivity index (χ0n) is 17.6. The van der Waals surface area contributed by atoms with E-state index in [4.69, 9.17) is 4.98 Å². The summed E-state index contributed by atoms with van der Waals surface area (Å²) in [7, 11) is 0. The summed E-state index contributed by atoms with van der Waals surface area (Å²) in [6.45, 7) is 10.5. The Labute approximate surface area is 189 Å². The van der Waals surface area contributed by atoms with Gasteiger partial charge in [0.25, 0.3) is 0 Å². The van der Waals surface area contributed by atoms with Crippen molar-refractivity contribution in [2.75, 3.05) is 0 Å². The fourth-order valence-electron chi connectivity index (χ4n) is 4.70. The van der Waals surface area contributed by atoms with E-state index in [0.29, 0.717) is 0 Å². The molecule has 0 spiro atoms. The predicted octanol–water partition coefficient (Wildman–Crippen LogP) is 6.79. The number of hydrogen-bond acceptors (Lipinski definition) is 1. The van der Waals surface area contributed by atoms with E-state index in [1.807, 2.05) is 19.1 Å². The Morgan fingerprint density at radius 1 is 0.867 bits per heavy atom. The van der Waals surface area contributed by atoms with Gasteiger partial charge in [0, 0.05) is 31.2 Å². The molecule has 0 unspecified atom stereocenters. The molecule has 3 aromatic carbocycles. The summed E-state index contributed by atoms with van der Waals surface area (Å²) in [5, 5.41) is 3.03. The Bertz CT molecular complexity index is 1440. The SMILES string of the molecule is Cc1cc(C)c(-c2c(C)nc3c4[c-]cc(C)cc4c4ccc(F)cc4n23)c(C)c1.[Ir]. The van der Waals surface area contributed by atoms with Crippen LogP contribution in [-0.4, -0.2) is 9.38 Å². The molecule has 0 amide bonds. The minimum atomic E-state index is -0.246. The molecule has 5 aromatic rings. The van der Waals surface area contributed by atoms with E-state index >= 15 is 0 Å². The van der Waals surface area contributed by atoms with Crippen molar-refractivity contribution in [3.63, 3.8) is 0 Å². The molecule has 0 N–H and O–H groups in total. The molecule has 0 aliphatic rings. The van der Waals surface area contributed by atoms with Gasteiger partial charge in [-0.25, -0.2) is 4.39 Å². The van der Waals surface area contributed by atoms with Crippen molar-refractivity contribution in [3.8, 4) is 11.3 Å². The second-order valence-electron chi connectivity index (χ2n) is 8.11. The number of benzene rings is 3. The first-order valence-corrected chi connectivity index (χ1v) is 9.85. The number of imidazole rings is 1. The van der Waals surface area contributed by atoms with Gasteiger partial charge in [0.15, 0.2) is 0 Å². The first kappa shape index (κ1) is 20.7. The molecule has 0 bridgehead atoms. The van der Waals surface area contributed by atoms with Gasteiger partial charge in [-0.05, 0) is 56.3 Å². The van der Waals surface area contributed by atoms with Crippen LogP contribution in [0.5, 0.6) is 0 Å². The first-order chi connectivity index (χ1) is 13.8. The zero-order chi connectivity index (χ0) is 20.4. The fourth-order valence-corrected chi connectivity index (χ4v) is 4.70. The van der Waals surface area contributed by atoms with E-state index in [-0.39, 0.29) is 25.9 Å². The average Bonchev–Trinajstić information content (AvgIpc) is 2.98. The number of nitrogens with zero attached hydrogens (tertiary/aromatic N) is 2. The molecule has 2 heterocycles. The van der Waals surface area contributed by atoms with Crippen molar-refractivity contribution in [3.05, 3.63) is 82.3 Å². The van der Waals surface area contributed by atoms with Crippen LogP contribution in [0, 0.1) is 46.5 Å². The smallest absolute Gasteiger partial charge is 0.125 e. The van der Waals surface area contributed by atoms with Crippen LogP contribution in [0.4, 0.5) is 4.39 Å². The Hall–Kier alpha value is -2.55. The zero-order valence-corrected chi connectivity index (χ0v) is 20.0. The van der Waals surface area contributed by atoms with E-state index < -0.39 is 0 Å². The number of halogens is 1. The maximum Gasteiger partial charge on any atom is 0.125 e. The van der Waals surface area contributed by atoms with E-state index in [9.17, 15) is 4.39 Å². The van der Waals surface area contributed by atoms with Gasteiger partial charge >= 0.3 is 0 Å². The van der Waals surface area contributed by atoms with Crippen LogP contribution in [0.25, 0.3) is 38.6 Å². The molecule has 4 heteroatoms. The monoisotopic (exact) mass is 574 g/mol. The number of fused-ring (bicyclic) bond motifs is 6. The van der Waals surface area contributed by atoms with Crippen molar-refractivity contribution in [2.45, 2.75) is 34.6 Å². The van der Waals surface area contributed by atoms with Crippen LogP contribution in [-0.2, 0) is 20.1 Å². The maximum atomic E-state index is 14.4. The Kier molecular flexibility index (Phi) is 5.04. The number of aromatic nitrogens is 2. The van der Waals surface area contributed by atoms with E-state index in [0.717, 1.165) is 49.8 Å². The summed E-state index contributed by atoms with van der Waals surface area (Å²) in [6.07, 6.45) is 0. The summed E-state index contributed by atoms with van der Waals surface area (Å²) in [4.78, 5) is 4.94. The van der Waals surface area contributed by atoms with Crippen LogP contribution in [0.1, 0.15) is 27.9 Å². The van der Waals surface area contributed by atoms with Crippen LogP contribution in [0.2, 0.25) is 0 Å². The van der Waals surface area contributed by atoms with Gasteiger partial charge in [-0.2, -0.15) is 0 Å². The van der Waals surface area contributed by atoms with Gasteiger partial charge in [0.2, 0.25) is 0 Å². The standard InChI is InChI=1S/C26H22FN2.Ir/c1-14-6-8-21-22(12-14)20-9-7-19(27)13-23(20)29-25(18(5)28-26(21)29)24-16(3)10-15(2)11-17(24)4;/h6-7,9-13H,1-5H3;/q-1;. The molecule has 0 aliphatic carbocycles. The number of rotatable bonds is 1. The maximum absolute atomic E-state index is 14.4. The molecule has 2 nitrogen and oxygen atoms in total. The van der Waals surface area contributed by atoms with Crippen molar-refractivity contribution in [1.82, 2.24) is 9.38 Å². The van der Waals surface area contributed by atoms with E-state index in [2.05, 4.69) is 56.4 Å². The Morgan fingerprint density at radius 2 is 1.57 bits per heavy atom. The molecule has 5 rings (SSSR count). The predicted molar refractivity (Wildman–Crippen MR) is 118 cm³/mol. The van der Waals surface area contributed by atoms with Crippen molar-refractivity contribution in [2.24, 2.45) is 0 Å². The van der Waals surface area contributed by atoms with Gasteiger partial charge in [0.1, 0.15) is 5.82 Å². The van der Waals surface area contributed by atoms with Crippen LogP contribution in [0.3, 0.4) is 0 Å². The van der Waals surface area contributed by atoms with Gasteiger partial charge < -0.3 is 4.40 Å². The van der Waals surface area contributed by atoms with Gasteiger partial charge in [-0.3, -0.25) is 4.98 Å². The molecule has 1 radical (unpaired) electrons. The topological polar surface area (TPSA) is 17.3 Å². The van der Waals surface area contributed by atoms with E-state index in [1.54, 1.807) is 6.07 Å². The molecule has 0 aliphatic heterocycles. The third kappa shape index (κ3) is 2.98. The second kappa shape index (κ2) is 7.30. The van der Waals surface area contributed by atoms with Crippen LogP contribution < -0.4 is 0 Å². The fraction of sp³-hybridized carbons (Fsp3) is 0.192. The van der Waals surface area contributed by atoms with E-state index in [1.165, 1.54) is 22.8 Å². The third-order valence-electron chi connectivity index (χ3n) is 5.77. The molecule has 0 fully saturated rings. The number of hydrogen-bond donors (Lipinski definition) is 0. The first-order valence-electron chi connectivity index (χ1n) is 9.85. The van der Waals surface area contributed by atoms with Crippen molar-refractivity contribution in [1.29, 1.82) is 0 Å². The number of aryl methyl sites for hydroxylation is 5. The van der Waals surface area contributed by atoms with Gasteiger partial charge in [-0.1, -0.05) is 36.1 Å². The summed E-state index contributed by atoms with van der Waals surface area (Å²) < 4.78 is 16.5. The molecular formula is C26H22FIrN2-. The quantitative estimate of drug-likeness (QED) is 0.160. The molecule has 0 saturated heterocycles. The second-order valence-corrected chi connectivity index (χ2v) is 8.11. The molecular weight excluding hydrogens is 552 g/mol. The van der Waals surface area contributed by atoms with Crippen molar-refractivity contribution >= 4 is 27.3 Å². The normalized spacial score (nSPS) is 11.4. The Balaban J connectivity index is 0.00000218. The molecule has 0 saturated carbocycles. The average molecular weight is 574 g/mol. The number of pyridine rings is 1. The Morgan fingerprint density at radius 3 is 2.27 bits per heavy atom. The largest absolute Gasteiger partial charge is 0.333 e. The van der Waals surface area contributed by atoms with Crippen LogP contribution >= 0.6 is 0 Å². The minimum Gasteiger partial charge on any atom is -0.333 e. The summed E-state index contributed by atoms with van der Waals surface area (Å²) in [5.41, 5.74) is 9.55.